The Balaban J connectivity index is 2.75. The smallest absolute Gasteiger partial charge is 0.404 e. The molecule has 106 valence electrons. The van der Waals surface area contributed by atoms with Crippen molar-refractivity contribution < 1.29 is 19.4 Å². The first kappa shape index (κ1) is 15.5. The molecule has 0 aliphatic carbocycles. The number of carbonyl (C=O) groups excluding carboxylic acids is 2. The lowest BCUT2D eigenvalue weighted by molar-refractivity contribution is 0.0936. The summed E-state index contributed by atoms with van der Waals surface area (Å²) >= 11 is 0. The van der Waals surface area contributed by atoms with Crippen molar-refractivity contribution >= 4 is 12.0 Å². The third-order valence-corrected chi connectivity index (χ3v) is 2.35. The molecule has 0 saturated heterocycles. The van der Waals surface area contributed by atoms with E-state index in [1.807, 2.05) is 13.0 Å². The van der Waals surface area contributed by atoms with Gasteiger partial charge in [-0.1, -0.05) is 23.5 Å². The first-order valence-corrected chi connectivity index (χ1v) is 5.95. The minimum atomic E-state index is -0.885. The van der Waals surface area contributed by atoms with Gasteiger partial charge in [-0.3, -0.25) is 4.79 Å². The van der Waals surface area contributed by atoms with E-state index in [4.69, 9.17) is 10.8 Å². The molecule has 0 heterocycles. The van der Waals surface area contributed by atoms with Gasteiger partial charge in [0.2, 0.25) is 0 Å². The zero-order valence-corrected chi connectivity index (χ0v) is 11.1. The van der Waals surface area contributed by atoms with Crippen LogP contribution in [0.1, 0.15) is 21.5 Å². The zero-order chi connectivity index (χ0) is 15.0. The average molecular weight is 276 g/mol. The molecule has 0 atom stereocenters. The van der Waals surface area contributed by atoms with Crippen LogP contribution in [-0.4, -0.2) is 36.9 Å². The third kappa shape index (κ3) is 5.00. The van der Waals surface area contributed by atoms with Crippen LogP contribution in [0.15, 0.2) is 18.2 Å². The van der Waals surface area contributed by atoms with Crippen molar-refractivity contribution in [2.75, 3.05) is 19.8 Å². The number of aliphatic hydroxyl groups excluding tert-OH is 1. The number of aryl methyl sites for hydroxylation is 1. The van der Waals surface area contributed by atoms with Gasteiger partial charge in [0.15, 0.2) is 0 Å². The van der Waals surface area contributed by atoms with Crippen molar-refractivity contribution in [3.05, 3.63) is 34.9 Å². The maximum Gasteiger partial charge on any atom is 0.404 e. The van der Waals surface area contributed by atoms with Gasteiger partial charge in [0, 0.05) is 5.56 Å². The van der Waals surface area contributed by atoms with Crippen molar-refractivity contribution in [1.82, 2.24) is 5.32 Å². The molecule has 0 saturated carbocycles. The van der Waals surface area contributed by atoms with Gasteiger partial charge >= 0.3 is 6.09 Å². The summed E-state index contributed by atoms with van der Waals surface area (Å²) in [4.78, 5) is 22.4. The fourth-order valence-corrected chi connectivity index (χ4v) is 1.50. The normalized spacial score (nSPS) is 9.30. The molecule has 0 aliphatic rings. The number of benzene rings is 1. The fourth-order valence-electron chi connectivity index (χ4n) is 1.50. The van der Waals surface area contributed by atoms with Gasteiger partial charge in [0.25, 0.3) is 5.91 Å². The number of nitrogens with two attached hydrogens (primary N) is 1. The van der Waals surface area contributed by atoms with Gasteiger partial charge in [0.05, 0.1) is 12.1 Å². The standard InChI is InChI=1S/C14H16N2O4/c1-10-4-5-11(3-2-7-17)12(9-10)13(18)16-6-8-20-14(15)19/h4-5,9,17H,6-8H2,1H3,(H2,15,19)(H,16,18). The maximum atomic E-state index is 12.0. The highest BCUT2D eigenvalue weighted by molar-refractivity contribution is 5.96. The van der Waals surface area contributed by atoms with Crippen molar-refractivity contribution in [3.63, 3.8) is 0 Å². The van der Waals surface area contributed by atoms with Gasteiger partial charge < -0.3 is 20.9 Å². The summed E-state index contributed by atoms with van der Waals surface area (Å²) in [7, 11) is 0. The maximum absolute atomic E-state index is 12.0. The Kier molecular flexibility index (Phi) is 6.07. The topological polar surface area (TPSA) is 102 Å². The first-order chi connectivity index (χ1) is 9.54. The number of carbonyl (C=O) groups is 2. The molecule has 0 fully saturated rings. The molecule has 0 aromatic heterocycles. The minimum Gasteiger partial charge on any atom is -0.448 e. The number of rotatable bonds is 4. The number of primary amides is 1. The Morgan fingerprint density at radius 1 is 1.45 bits per heavy atom. The second-order valence-electron chi connectivity index (χ2n) is 3.93. The van der Waals surface area contributed by atoms with E-state index in [2.05, 4.69) is 21.9 Å². The Morgan fingerprint density at radius 2 is 2.20 bits per heavy atom. The van der Waals surface area contributed by atoms with Crippen LogP contribution in [0.2, 0.25) is 0 Å². The SMILES string of the molecule is Cc1ccc(C#CCO)c(C(=O)NCCOC(N)=O)c1. The summed E-state index contributed by atoms with van der Waals surface area (Å²) in [5.74, 6) is 4.89. The van der Waals surface area contributed by atoms with Crippen molar-refractivity contribution in [1.29, 1.82) is 0 Å². The molecular weight excluding hydrogens is 260 g/mol. The molecule has 2 amide bonds. The van der Waals surface area contributed by atoms with E-state index in [0.717, 1.165) is 5.56 Å². The predicted molar refractivity (Wildman–Crippen MR) is 73.0 cm³/mol. The quantitative estimate of drug-likeness (QED) is 0.538. The van der Waals surface area contributed by atoms with Gasteiger partial charge in [-0.25, -0.2) is 4.79 Å². The molecule has 6 nitrogen and oxygen atoms in total. The summed E-state index contributed by atoms with van der Waals surface area (Å²) in [6.45, 7) is 1.74. The number of aliphatic hydroxyl groups is 1. The molecule has 0 radical (unpaired) electrons. The average Bonchev–Trinajstić information content (AvgIpc) is 2.41. The molecule has 0 unspecified atom stereocenters. The molecule has 1 aromatic rings. The predicted octanol–water partition coefficient (Wildman–Crippen LogP) is 0.164. The molecule has 1 aromatic carbocycles. The summed E-state index contributed by atoms with van der Waals surface area (Å²) in [5.41, 5.74) is 6.65. The van der Waals surface area contributed by atoms with Crippen LogP contribution in [0, 0.1) is 18.8 Å². The van der Waals surface area contributed by atoms with Crippen molar-refractivity contribution in [3.8, 4) is 11.8 Å². The highest BCUT2D eigenvalue weighted by atomic mass is 16.5. The number of hydrogen-bond acceptors (Lipinski definition) is 4. The zero-order valence-electron chi connectivity index (χ0n) is 11.1. The van der Waals surface area contributed by atoms with Crippen LogP contribution >= 0.6 is 0 Å². The van der Waals surface area contributed by atoms with Gasteiger partial charge in [-0.05, 0) is 19.1 Å². The van der Waals surface area contributed by atoms with Crippen LogP contribution in [-0.2, 0) is 4.74 Å². The number of hydrogen-bond donors (Lipinski definition) is 3. The molecule has 0 spiro atoms. The first-order valence-electron chi connectivity index (χ1n) is 5.95. The molecule has 1 rings (SSSR count). The van der Waals surface area contributed by atoms with E-state index in [1.54, 1.807) is 12.1 Å². The summed E-state index contributed by atoms with van der Waals surface area (Å²) in [5, 5.41) is 11.3. The fraction of sp³-hybridized carbons (Fsp3) is 0.286. The van der Waals surface area contributed by atoms with Crippen LogP contribution in [0.4, 0.5) is 4.79 Å². The lowest BCUT2D eigenvalue weighted by atomic mass is 10.0. The van der Waals surface area contributed by atoms with Gasteiger partial charge in [0.1, 0.15) is 13.2 Å². The van der Waals surface area contributed by atoms with E-state index in [-0.39, 0.29) is 25.7 Å². The summed E-state index contributed by atoms with van der Waals surface area (Å²) in [6, 6.07) is 5.24. The van der Waals surface area contributed by atoms with E-state index in [9.17, 15) is 9.59 Å². The Bertz CT molecular complexity index is 558. The molecule has 20 heavy (non-hydrogen) atoms. The largest absolute Gasteiger partial charge is 0.448 e. The second-order valence-corrected chi connectivity index (χ2v) is 3.93. The Morgan fingerprint density at radius 3 is 2.85 bits per heavy atom. The highest BCUT2D eigenvalue weighted by Crippen LogP contribution is 2.10. The van der Waals surface area contributed by atoms with E-state index >= 15 is 0 Å². The Hall–Kier alpha value is -2.52. The third-order valence-electron chi connectivity index (χ3n) is 2.35. The van der Waals surface area contributed by atoms with E-state index in [1.165, 1.54) is 0 Å². The number of amides is 2. The van der Waals surface area contributed by atoms with E-state index < -0.39 is 6.09 Å². The van der Waals surface area contributed by atoms with Crippen molar-refractivity contribution in [2.45, 2.75) is 6.92 Å². The van der Waals surface area contributed by atoms with Crippen LogP contribution < -0.4 is 11.1 Å². The monoisotopic (exact) mass is 276 g/mol. The molecule has 0 aliphatic heterocycles. The lowest BCUT2D eigenvalue weighted by Gasteiger charge is -2.08. The van der Waals surface area contributed by atoms with Crippen LogP contribution in [0.5, 0.6) is 0 Å². The molecule has 4 N–H and O–H groups in total. The molecule has 0 bridgehead atoms. The van der Waals surface area contributed by atoms with E-state index in [0.29, 0.717) is 11.1 Å². The molecule has 6 heteroatoms. The minimum absolute atomic E-state index is 0.00450. The lowest BCUT2D eigenvalue weighted by Crippen LogP contribution is -2.29. The van der Waals surface area contributed by atoms with Crippen molar-refractivity contribution in [2.24, 2.45) is 5.73 Å². The summed E-state index contributed by atoms with van der Waals surface area (Å²) in [6.07, 6.45) is -0.885. The van der Waals surface area contributed by atoms with Gasteiger partial charge in [-0.15, -0.1) is 0 Å². The molecular formula is C14H16N2O4. The van der Waals surface area contributed by atoms with Crippen LogP contribution in [0.25, 0.3) is 0 Å². The highest BCUT2D eigenvalue weighted by Gasteiger charge is 2.10. The second kappa shape index (κ2) is 7.81. The van der Waals surface area contributed by atoms with Crippen LogP contribution in [0.3, 0.4) is 0 Å². The number of ether oxygens (including phenoxy) is 1. The summed E-state index contributed by atoms with van der Waals surface area (Å²) < 4.78 is 4.51. The van der Waals surface area contributed by atoms with Gasteiger partial charge in [-0.2, -0.15) is 0 Å². The number of nitrogens with one attached hydrogen (secondary N) is 1. The Labute approximate surface area is 116 Å².